The van der Waals surface area contributed by atoms with E-state index in [1.807, 2.05) is 30.4 Å². The standard InChI is InChI=1S/C20H27N3O2/c1-15-11-17(23-8-7-21-14-23)4-3-16(15)13-22-9-10-25-20-6-5-18(24-2)12-19(20)22/h3-4,7-8,11,14,18-20H,5-6,9-10,12-13H2,1-2H3/t18-,19+,20+/m1/s1. The highest BCUT2D eigenvalue weighted by atomic mass is 16.5. The molecule has 1 aromatic heterocycles. The topological polar surface area (TPSA) is 39.5 Å². The lowest BCUT2D eigenvalue weighted by Crippen LogP contribution is -2.54. The minimum atomic E-state index is 0.366. The van der Waals surface area contributed by atoms with Crippen molar-refractivity contribution in [2.45, 2.75) is 51.0 Å². The summed E-state index contributed by atoms with van der Waals surface area (Å²) in [7, 11) is 1.83. The fraction of sp³-hybridized carbons (Fsp3) is 0.550. The third kappa shape index (κ3) is 3.50. The summed E-state index contributed by atoms with van der Waals surface area (Å²) < 4.78 is 13.7. The van der Waals surface area contributed by atoms with Crippen molar-refractivity contribution < 1.29 is 9.47 Å². The molecule has 0 radical (unpaired) electrons. The number of methoxy groups -OCH3 is 1. The largest absolute Gasteiger partial charge is 0.381 e. The number of fused-ring (bicyclic) bond motifs is 1. The molecule has 25 heavy (non-hydrogen) atoms. The highest BCUT2D eigenvalue weighted by molar-refractivity contribution is 5.40. The molecule has 1 aliphatic carbocycles. The molecule has 3 atom stereocenters. The first-order chi connectivity index (χ1) is 12.2. The van der Waals surface area contributed by atoms with Gasteiger partial charge >= 0.3 is 0 Å². The molecule has 1 saturated heterocycles. The van der Waals surface area contributed by atoms with Gasteiger partial charge in [0.25, 0.3) is 0 Å². The molecule has 4 rings (SSSR count). The zero-order chi connectivity index (χ0) is 17.2. The Hall–Kier alpha value is -1.69. The first-order valence-corrected chi connectivity index (χ1v) is 9.21. The second kappa shape index (κ2) is 7.28. The van der Waals surface area contributed by atoms with Gasteiger partial charge in [0, 0.05) is 44.3 Å². The number of imidazole rings is 1. The summed E-state index contributed by atoms with van der Waals surface area (Å²) >= 11 is 0. The summed E-state index contributed by atoms with van der Waals surface area (Å²) in [6.45, 7) is 5.02. The van der Waals surface area contributed by atoms with Crippen molar-refractivity contribution in [1.82, 2.24) is 14.5 Å². The maximum absolute atomic E-state index is 6.03. The second-order valence-electron chi connectivity index (χ2n) is 7.20. The van der Waals surface area contributed by atoms with Crippen molar-refractivity contribution in [3.8, 4) is 5.69 Å². The number of aromatic nitrogens is 2. The molecule has 1 aromatic carbocycles. The smallest absolute Gasteiger partial charge is 0.0991 e. The predicted molar refractivity (Wildman–Crippen MR) is 96.9 cm³/mol. The molecule has 5 heteroatoms. The van der Waals surface area contributed by atoms with E-state index in [1.165, 1.54) is 11.1 Å². The van der Waals surface area contributed by atoms with Crippen LogP contribution in [0.2, 0.25) is 0 Å². The van der Waals surface area contributed by atoms with Crippen molar-refractivity contribution in [3.05, 3.63) is 48.0 Å². The van der Waals surface area contributed by atoms with Crippen molar-refractivity contribution in [2.75, 3.05) is 20.3 Å². The van der Waals surface area contributed by atoms with Gasteiger partial charge in [-0.1, -0.05) is 6.07 Å². The van der Waals surface area contributed by atoms with E-state index < -0.39 is 0 Å². The predicted octanol–water partition coefficient (Wildman–Crippen LogP) is 2.95. The van der Waals surface area contributed by atoms with Crippen LogP contribution in [-0.2, 0) is 16.0 Å². The van der Waals surface area contributed by atoms with E-state index in [-0.39, 0.29) is 0 Å². The van der Waals surface area contributed by atoms with Gasteiger partial charge in [-0.3, -0.25) is 4.90 Å². The zero-order valence-corrected chi connectivity index (χ0v) is 15.1. The third-order valence-electron chi connectivity index (χ3n) is 5.72. The van der Waals surface area contributed by atoms with Gasteiger partial charge in [0.2, 0.25) is 0 Å². The summed E-state index contributed by atoms with van der Waals surface area (Å²) in [6.07, 6.45) is 9.67. The molecule has 5 nitrogen and oxygen atoms in total. The lowest BCUT2D eigenvalue weighted by Gasteiger charge is -2.45. The molecule has 0 unspecified atom stereocenters. The molecule has 0 bridgehead atoms. The lowest BCUT2D eigenvalue weighted by molar-refractivity contribution is -0.116. The Kier molecular flexibility index (Phi) is 4.88. The maximum atomic E-state index is 6.03. The first-order valence-electron chi connectivity index (χ1n) is 9.21. The van der Waals surface area contributed by atoms with Crippen molar-refractivity contribution >= 4 is 0 Å². The number of rotatable bonds is 4. The van der Waals surface area contributed by atoms with E-state index in [0.29, 0.717) is 18.2 Å². The molecule has 2 heterocycles. The van der Waals surface area contributed by atoms with E-state index in [4.69, 9.17) is 9.47 Å². The van der Waals surface area contributed by atoms with Gasteiger partial charge in [-0.2, -0.15) is 0 Å². The van der Waals surface area contributed by atoms with Gasteiger partial charge in [-0.05, 0) is 49.4 Å². The molecule has 1 saturated carbocycles. The molecule has 2 fully saturated rings. The van der Waals surface area contributed by atoms with Crippen LogP contribution in [0.4, 0.5) is 0 Å². The number of ether oxygens (including phenoxy) is 2. The summed E-state index contributed by atoms with van der Waals surface area (Å²) in [4.78, 5) is 6.73. The molecule has 2 aromatic rings. The minimum Gasteiger partial charge on any atom is -0.381 e. The molecular weight excluding hydrogens is 314 g/mol. The number of benzene rings is 1. The van der Waals surface area contributed by atoms with Crippen LogP contribution in [0.3, 0.4) is 0 Å². The molecule has 0 amide bonds. The van der Waals surface area contributed by atoms with Crippen molar-refractivity contribution in [3.63, 3.8) is 0 Å². The van der Waals surface area contributed by atoms with Gasteiger partial charge in [0.15, 0.2) is 0 Å². The van der Waals surface area contributed by atoms with Crippen molar-refractivity contribution in [1.29, 1.82) is 0 Å². The lowest BCUT2D eigenvalue weighted by atomic mass is 9.87. The number of hydrogen-bond donors (Lipinski definition) is 0. The van der Waals surface area contributed by atoms with Crippen LogP contribution in [0.1, 0.15) is 30.4 Å². The Labute approximate surface area is 149 Å². The van der Waals surface area contributed by atoms with Gasteiger partial charge in [0.1, 0.15) is 0 Å². The number of aryl methyl sites for hydroxylation is 1. The molecule has 0 spiro atoms. The Morgan fingerprint density at radius 3 is 3.00 bits per heavy atom. The quantitative estimate of drug-likeness (QED) is 0.857. The average molecular weight is 341 g/mol. The highest BCUT2D eigenvalue weighted by Crippen LogP contribution is 2.31. The van der Waals surface area contributed by atoms with Crippen LogP contribution >= 0.6 is 0 Å². The molecule has 0 N–H and O–H groups in total. The summed E-state index contributed by atoms with van der Waals surface area (Å²) in [5.74, 6) is 0. The fourth-order valence-electron chi connectivity index (χ4n) is 4.21. The third-order valence-corrected chi connectivity index (χ3v) is 5.72. The van der Waals surface area contributed by atoms with E-state index in [0.717, 1.165) is 44.6 Å². The Morgan fingerprint density at radius 1 is 1.32 bits per heavy atom. The van der Waals surface area contributed by atoms with Crippen LogP contribution in [0.15, 0.2) is 36.9 Å². The average Bonchev–Trinajstić information content (AvgIpc) is 3.18. The highest BCUT2D eigenvalue weighted by Gasteiger charge is 2.37. The van der Waals surface area contributed by atoms with E-state index >= 15 is 0 Å². The normalized spacial score (nSPS) is 27.2. The van der Waals surface area contributed by atoms with Crippen LogP contribution in [0.25, 0.3) is 5.69 Å². The molecular formula is C20H27N3O2. The van der Waals surface area contributed by atoms with Crippen molar-refractivity contribution in [2.24, 2.45) is 0 Å². The van der Waals surface area contributed by atoms with Crippen LogP contribution in [0.5, 0.6) is 0 Å². The van der Waals surface area contributed by atoms with Gasteiger partial charge in [0.05, 0.1) is 25.1 Å². The second-order valence-corrected chi connectivity index (χ2v) is 7.20. The number of nitrogens with zero attached hydrogens (tertiary/aromatic N) is 3. The first kappa shape index (κ1) is 16.8. The maximum Gasteiger partial charge on any atom is 0.0991 e. The molecule has 134 valence electrons. The van der Waals surface area contributed by atoms with Gasteiger partial charge < -0.3 is 14.0 Å². The monoisotopic (exact) mass is 341 g/mol. The summed E-state index contributed by atoms with van der Waals surface area (Å²) in [5.41, 5.74) is 3.88. The van der Waals surface area contributed by atoms with Gasteiger partial charge in [-0.15, -0.1) is 0 Å². The Bertz CT molecular complexity index is 701. The fourth-order valence-corrected chi connectivity index (χ4v) is 4.21. The molecule has 2 aliphatic rings. The summed E-state index contributed by atoms with van der Waals surface area (Å²) in [6, 6.07) is 7.15. The Morgan fingerprint density at radius 2 is 2.24 bits per heavy atom. The molecule has 1 aliphatic heterocycles. The number of hydrogen-bond acceptors (Lipinski definition) is 4. The van der Waals surface area contributed by atoms with E-state index in [9.17, 15) is 0 Å². The van der Waals surface area contributed by atoms with E-state index in [2.05, 4.69) is 35.0 Å². The van der Waals surface area contributed by atoms with Crippen LogP contribution in [-0.4, -0.2) is 53.0 Å². The van der Waals surface area contributed by atoms with Gasteiger partial charge in [-0.25, -0.2) is 4.98 Å². The van der Waals surface area contributed by atoms with Crippen LogP contribution < -0.4 is 0 Å². The summed E-state index contributed by atoms with van der Waals surface area (Å²) in [5, 5.41) is 0. The zero-order valence-electron chi connectivity index (χ0n) is 15.1. The van der Waals surface area contributed by atoms with Crippen LogP contribution in [0, 0.1) is 6.92 Å². The number of morpholine rings is 1. The van der Waals surface area contributed by atoms with E-state index in [1.54, 1.807) is 0 Å². The SMILES string of the molecule is CO[C@@H]1CC[C@@H]2OCCN(Cc3ccc(-n4ccnc4)cc3C)[C@H]2C1. The minimum absolute atomic E-state index is 0.366. The Balaban J connectivity index is 1.50.